The Hall–Kier alpha value is -1.80. The fourth-order valence-corrected chi connectivity index (χ4v) is 4.48. The summed E-state index contributed by atoms with van der Waals surface area (Å²) in [6.45, 7) is 3.19. The van der Waals surface area contributed by atoms with E-state index in [1.54, 1.807) is 6.07 Å². The van der Waals surface area contributed by atoms with Gasteiger partial charge in [0, 0.05) is 24.5 Å². The first-order valence-electron chi connectivity index (χ1n) is 8.14. The number of fused-ring (bicyclic) bond motifs is 1. The van der Waals surface area contributed by atoms with E-state index in [0.29, 0.717) is 49.1 Å². The minimum absolute atomic E-state index is 0.0531. The van der Waals surface area contributed by atoms with Crippen molar-refractivity contribution in [1.29, 1.82) is 0 Å². The lowest BCUT2D eigenvalue weighted by molar-refractivity contribution is 0.458. The van der Waals surface area contributed by atoms with E-state index < -0.39 is 10.0 Å². The molecule has 1 aliphatic rings. The number of hydrogen-bond acceptors (Lipinski definition) is 5. The number of para-hydroxylation sites is 1. The average molecular weight is 352 g/mol. The van der Waals surface area contributed by atoms with Gasteiger partial charge < -0.3 is 4.90 Å². The lowest BCUT2D eigenvalue weighted by Gasteiger charge is -2.33. The molecule has 0 bridgehead atoms. The van der Waals surface area contributed by atoms with E-state index >= 15 is 0 Å². The highest BCUT2D eigenvalue weighted by Crippen LogP contribution is 2.27. The van der Waals surface area contributed by atoms with Gasteiger partial charge in [-0.2, -0.15) is 0 Å². The monoisotopic (exact) mass is 352 g/mol. The normalized spacial score (nSPS) is 16.7. The molecule has 0 spiro atoms. The minimum Gasteiger partial charge on any atom is -0.356 e. The third-order valence-electron chi connectivity index (χ3n) is 4.21. The molecule has 0 saturated carbocycles. The molecule has 130 valence electrons. The molecule has 0 amide bonds. The van der Waals surface area contributed by atoms with Crippen LogP contribution in [0.1, 0.15) is 26.2 Å². The van der Waals surface area contributed by atoms with E-state index in [2.05, 4.69) is 19.6 Å². The number of halogens is 1. The summed E-state index contributed by atoms with van der Waals surface area (Å²) in [5.41, 5.74) is 0.313. The molecule has 1 aromatic carbocycles. The molecule has 1 aliphatic heterocycles. The summed E-state index contributed by atoms with van der Waals surface area (Å²) >= 11 is 0. The number of hydrogen-bond donors (Lipinski definition) is 1. The van der Waals surface area contributed by atoms with Crippen LogP contribution in [-0.4, -0.2) is 43.3 Å². The van der Waals surface area contributed by atoms with E-state index in [9.17, 15) is 12.8 Å². The summed E-state index contributed by atoms with van der Waals surface area (Å²) < 4.78 is 40.4. The molecule has 1 N–H and O–H groups in total. The molecule has 0 atom stereocenters. The van der Waals surface area contributed by atoms with Gasteiger partial charge in [-0.25, -0.2) is 27.5 Å². The van der Waals surface area contributed by atoms with E-state index in [-0.39, 0.29) is 17.6 Å². The maximum absolute atomic E-state index is 13.9. The van der Waals surface area contributed by atoms with Crippen LogP contribution in [0.25, 0.3) is 10.9 Å². The fourth-order valence-electron chi connectivity index (χ4n) is 3.08. The largest absolute Gasteiger partial charge is 0.356 e. The number of aromatic nitrogens is 2. The third kappa shape index (κ3) is 3.64. The first-order chi connectivity index (χ1) is 11.5. The van der Waals surface area contributed by atoms with Crippen LogP contribution in [0, 0.1) is 5.82 Å². The predicted molar refractivity (Wildman–Crippen MR) is 91.9 cm³/mol. The number of nitrogens with one attached hydrogen (secondary N) is 1. The molecule has 8 heteroatoms. The Labute approximate surface area is 141 Å². The van der Waals surface area contributed by atoms with Crippen molar-refractivity contribution in [1.82, 2.24) is 14.7 Å². The number of nitrogens with zero attached hydrogens (tertiary/aromatic N) is 3. The van der Waals surface area contributed by atoms with E-state index in [0.717, 1.165) is 0 Å². The van der Waals surface area contributed by atoms with Crippen molar-refractivity contribution < 1.29 is 12.8 Å². The molecule has 0 radical (unpaired) electrons. The van der Waals surface area contributed by atoms with Gasteiger partial charge in [0.05, 0.1) is 5.75 Å². The Bertz CT molecular complexity index is 820. The predicted octanol–water partition coefficient (Wildman–Crippen LogP) is 2.07. The Balaban J connectivity index is 1.73. The Morgan fingerprint density at radius 3 is 2.75 bits per heavy atom. The maximum Gasteiger partial charge on any atom is 0.211 e. The Morgan fingerprint density at radius 2 is 2.04 bits per heavy atom. The summed E-state index contributed by atoms with van der Waals surface area (Å²) in [7, 11) is -3.20. The second-order valence-electron chi connectivity index (χ2n) is 6.03. The summed E-state index contributed by atoms with van der Waals surface area (Å²) in [4.78, 5) is 10.4. The first-order valence-corrected chi connectivity index (χ1v) is 9.79. The van der Waals surface area contributed by atoms with Crippen molar-refractivity contribution in [2.24, 2.45) is 0 Å². The topological polar surface area (TPSA) is 75.2 Å². The Kier molecular flexibility index (Phi) is 4.96. The molecule has 24 heavy (non-hydrogen) atoms. The van der Waals surface area contributed by atoms with Gasteiger partial charge >= 0.3 is 0 Å². The lowest BCUT2D eigenvalue weighted by Crippen LogP contribution is -2.45. The van der Waals surface area contributed by atoms with Crippen molar-refractivity contribution in [3.8, 4) is 0 Å². The van der Waals surface area contributed by atoms with Crippen LogP contribution in [0.2, 0.25) is 0 Å². The van der Waals surface area contributed by atoms with Crippen molar-refractivity contribution in [2.75, 3.05) is 23.7 Å². The fraction of sp³-hybridized carbons (Fsp3) is 0.500. The van der Waals surface area contributed by atoms with Gasteiger partial charge in [-0.3, -0.25) is 0 Å². The highest BCUT2D eigenvalue weighted by Gasteiger charge is 2.25. The minimum atomic E-state index is -3.20. The van der Waals surface area contributed by atoms with E-state index in [4.69, 9.17) is 0 Å². The Morgan fingerprint density at radius 1 is 1.29 bits per heavy atom. The molecule has 1 saturated heterocycles. The van der Waals surface area contributed by atoms with Crippen molar-refractivity contribution in [3.05, 3.63) is 30.3 Å². The molecular formula is C16H21FN4O2S. The molecule has 1 fully saturated rings. The number of benzene rings is 1. The summed E-state index contributed by atoms with van der Waals surface area (Å²) in [6.07, 6.45) is 3.37. The first kappa shape index (κ1) is 17.0. The summed E-state index contributed by atoms with van der Waals surface area (Å²) in [5.74, 6) is 0.496. The zero-order valence-electron chi connectivity index (χ0n) is 13.6. The van der Waals surface area contributed by atoms with Crippen molar-refractivity contribution in [3.63, 3.8) is 0 Å². The highest BCUT2D eigenvalue weighted by molar-refractivity contribution is 7.89. The number of rotatable bonds is 5. The van der Waals surface area contributed by atoms with Gasteiger partial charge in [0.1, 0.15) is 23.5 Å². The average Bonchev–Trinajstić information content (AvgIpc) is 2.55. The van der Waals surface area contributed by atoms with Gasteiger partial charge in [0.2, 0.25) is 10.0 Å². The second kappa shape index (κ2) is 6.98. The number of sulfonamides is 1. The van der Waals surface area contributed by atoms with Crippen LogP contribution in [0.15, 0.2) is 24.5 Å². The molecule has 2 aromatic rings. The van der Waals surface area contributed by atoms with Crippen molar-refractivity contribution in [2.45, 2.75) is 32.2 Å². The van der Waals surface area contributed by atoms with Crippen LogP contribution in [-0.2, 0) is 10.0 Å². The maximum atomic E-state index is 13.9. The van der Waals surface area contributed by atoms with Crippen LogP contribution in [0.3, 0.4) is 0 Å². The van der Waals surface area contributed by atoms with E-state index in [1.807, 2.05) is 13.0 Å². The zero-order chi connectivity index (χ0) is 17.2. The SMILES string of the molecule is CCCS(=O)(=O)NC1CCN(c2ncnc3c(F)cccc23)CC1. The van der Waals surface area contributed by atoms with E-state index in [1.165, 1.54) is 12.4 Å². The second-order valence-corrected chi connectivity index (χ2v) is 7.90. The van der Waals surface area contributed by atoms with Crippen molar-refractivity contribution >= 4 is 26.7 Å². The molecule has 2 heterocycles. The molecule has 0 aliphatic carbocycles. The molecule has 3 rings (SSSR count). The summed E-state index contributed by atoms with van der Waals surface area (Å²) in [5, 5.41) is 0.683. The zero-order valence-corrected chi connectivity index (χ0v) is 14.4. The number of piperidine rings is 1. The van der Waals surface area contributed by atoms with Crippen LogP contribution >= 0.6 is 0 Å². The molecule has 1 aromatic heterocycles. The third-order valence-corrected chi connectivity index (χ3v) is 5.85. The molecular weight excluding hydrogens is 331 g/mol. The quantitative estimate of drug-likeness (QED) is 0.892. The van der Waals surface area contributed by atoms with Crippen LogP contribution in [0.5, 0.6) is 0 Å². The molecule has 0 unspecified atom stereocenters. The van der Waals surface area contributed by atoms with Gasteiger partial charge in [-0.15, -0.1) is 0 Å². The van der Waals surface area contributed by atoms with Gasteiger partial charge in [0.15, 0.2) is 0 Å². The number of anilines is 1. The molecule has 6 nitrogen and oxygen atoms in total. The van der Waals surface area contributed by atoms with Gasteiger partial charge in [-0.05, 0) is 31.4 Å². The lowest BCUT2D eigenvalue weighted by atomic mass is 10.1. The van der Waals surface area contributed by atoms with Gasteiger partial charge in [0.25, 0.3) is 0 Å². The smallest absolute Gasteiger partial charge is 0.211 e. The standard InChI is InChI=1S/C16H21FN4O2S/c1-2-10-24(22,23)20-12-6-8-21(9-7-12)16-13-4-3-5-14(17)15(13)18-11-19-16/h3-5,11-12,20H,2,6-10H2,1H3. The van der Waals surface area contributed by atoms with Crippen LogP contribution < -0.4 is 9.62 Å². The highest BCUT2D eigenvalue weighted by atomic mass is 32.2. The summed E-state index contributed by atoms with van der Waals surface area (Å²) in [6, 6.07) is 4.79. The van der Waals surface area contributed by atoms with Gasteiger partial charge in [-0.1, -0.05) is 13.0 Å². The van der Waals surface area contributed by atoms with Crippen LogP contribution in [0.4, 0.5) is 10.2 Å².